The predicted octanol–water partition coefficient (Wildman–Crippen LogP) is 4.00. The van der Waals surface area contributed by atoms with Crippen LogP contribution in [0.5, 0.6) is 5.75 Å². The van der Waals surface area contributed by atoms with Crippen LogP contribution in [0.3, 0.4) is 0 Å². The summed E-state index contributed by atoms with van der Waals surface area (Å²) in [5.41, 5.74) is 0.128. The fraction of sp³-hybridized carbons (Fsp3) is 0.353. The SMILES string of the molecule is CCCOS(=O)(=O)N(CCC)c1ccc(N=Nc2ccc([N+](=O)[O-])cn2)c(O)c1. The molecule has 156 valence electrons. The number of phenols is 1. The summed E-state index contributed by atoms with van der Waals surface area (Å²) in [6, 6.07) is 6.67. The van der Waals surface area contributed by atoms with Gasteiger partial charge in [0, 0.05) is 18.7 Å². The van der Waals surface area contributed by atoms with Gasteiger partial charge in [0.2, 0.25) is 0 Å². The summed E-state index contributed by atoms with van der Waals surface area (Å²) in [6.45, 7) is 3.86. The third kappa shape index (κ3) is 5.93. The maximum Gasteiger partial charge on any atom is 0.362 e. The number of aromatic nitrogens is 1. The molecule has 1 heterocycles. The molecule has 1 aromatic carbocycles. The second-order valence-corrected chi connectivity index (χ2v) is 7.39. The monoisotopic (exact) mass is 423 g/mol. The quantitative estimate of drug-likeness (QED) is 0.345. The average Bonchev–Trinajstić information content (AvgIpc) is 2.69. The Labute approximate surface area is 168 Å². The normalized spacial score (nSPS) is 11.7. The van der Waals surface area contributed by atoms with Crippen molar-refractivity contribution in [1.29, 1.82) is 0 Å². The summed E-state index contributed by atoms with van der Waals surface area (Å²) >= 11 is 0. The summed E-state index contributed by atoms with van der Waals surface area (Å²) in [7, 11) is -3.99. The number of nitrogens with zero attached hydrogens (tertiary/aromatic N) is 5. The molecule has 0 unspecified atom stereocenters. The number of hydrogen-bond acceptors (Lipinski definition) is 9. The molecular formula is C17H21N5O6S. The zero-order chi connectivity index (χ0) is 21.4. The molecule has 2 rings (SSSR count). The van der Waals surface area contributed by atoms with Crippen LogP contribution in [-0.4, -0.2) is 36.6 Å². The predicted molar refractivity (Wildman–Crippen MR) is 106 cm³/mol. The largest absolute Gasteiger partial charge is 0.506 e. The Kier molecular flexibility index (Phi) is 7.56. The standard InChI is InChI=1S/C17H21N5O6S/c1-3-9-21(29(26,27)28-10-4-2)13-5-7-15(16(23)11-13)19-20-17-8-6-14(12-18-17)22(24)25/h5-8,11-12,23H,3-4,9-10H2,1-2H3. The Bertz CT molecular complexity index is 978. The number of nitro groups is 1. The number of benzene rings is 1. The zero-order valence-electron chi connectivity index (χ0n) is 15.9. The van der Waals surface area contributed by atoms with Crippen LogP contribution in [0.15, 0.2) is 46.8 Å². The van der Waals surface area contributed by atoms with Crippen molar-refractivity contribution < 1.29 is 22.6 Å². The highest BCUT2D eigenvalue weighted by Crippen LogP contribution is 2.33. The van der Waals surface area contributed by atoms with Gasteiger partial charge < -0.3 is 5.11 Å². The van der Waals surface area contributed by atoms with Gasteiger partial charge in [-0.15, -0.1) is 10.2 Å². The van der Waals surface area contributed by atoms with Crippen molar-refractivity contribution in [3.8, 4) is 5.75 Å². The van der Waals surface area contributed by atoms with E-state index in [1.165, 1.54) is 30.3 Å². The van der Waals surface area contributed by atoms with Crippen molar-refractivity contribution >= 4 is 33.2 Å². The van der Waals surface area contributed by atoms with Crippen molar-refractivity contribution in [2.24, 2.45) is 10.2 Å². The molecule has 0 atom stereocenters. The first-order chi connectivity index (χ1) is 13.8. The number of phenolic OH excluding ortho intramolecular Hbond substituents is 1. The lowest BCUT2D eigenvalue weighted by molar-refractivity contribution is -0.385. The molecule has 0 saturated carbocycles. The van der Waals surface area contributed by atoms with E-state index in [-0.39, 0.29) is 41.8 Å². The molecule has 0 saturated heterocycles. The minimum atomic E-state index is -3.99. The first-order valence-electron chi connectivity index (χ1n) is 8.80. The fourth-order valence-electron chi connectivity index (χ4n) is 2.23. The molecular weight excluding hydrogens is 402 g/mol. The lowest BCUT2D eigenvalue weighted by Crippen LogP contribution is -2.33. The van der Waals surface area contributed by atoms with Gasteiger partial charge in [-0.1, -0.05) is 13.8 Å². The van der Waals surface area contributed by atoms with E-state index >= 15 is 0 Å². The lowest BCUT2D eigenvalue weighted by Gasteiger charge is -2.23. The summed E-state index contributed by atoms with van der Waals surface area (Å²) in [5.74, 6) is -0.179. The van der Waals surface area contributed by atoms with Gasteiger partial charge in [-0.05, 0) is 31.0 Å². The van der Waals surface area contributed by atoms with E-state index in [1.54, 1.807) is 6.92 Å². The van der Waals surface area contributed by atoms with Crippen molar-refractivity contribution in [1.82, 2.24) is 4.98 Å². The van der Waals surface area contributed by atoms with E-state index in [4.69, 9.17) is 4.18 Å². The van der Waals surface area contributed by atoms with E-state index < -0.39 is 15.2 Å². The number of anilines is 1. The van der Waals surface area contributed by atoms with Crippen LogP contribution in [0.4, 0.5) is 22.9 Å². The van der Waals surface area contributed by atoms with Gasteiger partial charge in [-0.3, -0.25) is 14.3 Å². The minimum absolute atomic E-state index is 0.0586. The van der Waals surface area contributed by atoms with Gasteiger partial charge >= 0.3 is 10.3 Å². The Morgan fingerprint density at radius 3 is 2.52 bits per heavy atom. The van der Waals surface area contributed by atoms with Crippen LogP contribution in [0.2, 0.25) is 0 Å². The highest BCUT2D eigenvalue weighted by atomic mass is 32.2. The third-order valence-corrected chi connectivity index (χ3v) is 4.98. The van der Waals surface area contributed by atoms with E-state index in [9.17, 15) is 23.6 Å². The Balaban J connectivity index is 2.24. The van der Waals surface area contributed by atoms with Crippen LogP contribution in [0.25, 0.3) is 0 Å². The molecule has 0 bridgehead atoms. The molecule has 2 aromatic rings. The van der Waals surface area contributed by atoms with Crippen LogP contribution in [0.1, 0.15) is 26.7 Å². The van der Waals surface area contributed by atoms with Gasteiger partial charge in [-0.2, -0.15) is 8.42 Å². The van der Waals surface area contributed by atoms with Crippen molar-refractivity contribution in [3.05, 3.63) is 46.6 Å². The smallest absolute Gasteiger partial charge is 0.362 e. The Morgan fingerprint density at radius 2 is 1.97 bits per heavy atom. The first kappa shape index (κ1) is 22.2. The lowest BCUT2D eigenvalue weighted by atomic mass is 10.2. The number of hydrogen-bond donors (Lipinski definition) is 1. The number of azo groups is 1. The topological polar surface area (TPSA) is 148 Å². The molecule has 11 nitrogen and oxygen atoms in total. The molecule has 0 aliphatic carbocycles. The molecule has 12 heteroatoms. The van der Waals surface area contributed by atoms with E-state index in [0.717, 1.165) is 10.5 Å². The highest BCUT2D eigenvalue weighted by Gasteiger charge is 2.23. The summed E-state index contributed by atoms with van der Waals surface area (Å²) in [6.07, 6.45) is 2.13. The van der Waals surface area contributed by atoms with Crippen LogP contribution in [-0.2, 0) is 14.5 Å². The highest BCUT2D eigenvalue weighted by molar-refractivity contribution is 7.88. The van der Waals surface area contributed by atoms with E-state index in [1.807, 2.05) is 6.92 Å². The van der Waals surface area contributed by atoms with Gasteiger partial charge in [0.15, 0.2) is 5.82 Å². The third-order valence-electron chi connectivity index (χ3n) is 3.58. The average molecular weight is 423 g/mol. The Hall–Kier alpha value is -3.12. The molecule has 0 fully saturated rings. The maximum atomic E-state index is 12.4. The Morgan fingerprint density at radius 1 is 1.21 bits per heavy atom. The van der Waals surface area contributed by atoms with E-state index in [0.29, 0.717) is 12.8 Å². The summed E-state index contributed by atoms with van der Waals surface area (Å²) < 4.78 is 30.8. The second-order valence-electron chi connectivity index (χ2n) is 5.86. The number of pyridine rings is 1. The second kappa shape index (κ2) is 9.89. The fourth-order valence-corrected chi connectivity index (χ4v) is 3.51. The van der Waals surface area contributed by atoms with Gasteiger partial charge in [0.1, 0.15) is 17.6 Å². The van der Waals surface area contributed by atoms with Crippen molar-refractivity contribution in [2.75, 3.05) is 17.5 Å². The number of rotatable bonds is 10. The van der Waals surface area contributed by atoms with Gasteiger partial charge in [-0.25, -0.2) is 9.29 Å². The van der Waals surface area contributed by atoms with Crippen LogP contribution >= 0.6 is 0 Å². The molecule has 0 radical (unpaired) electrons. The molecule has 0 aliphatic rings. The molecule has 29 heavy (non-hydrogen) atoms. The summed E-state index contributed by atoms with van der Waals surface area (Å²) in [4.78, 5) is 13.8. The molecule has 0 amide bonds. The molecule has 0 spiro atoms. The maximum absolute atomic E-state index is 12.4. The van der Waals surface area contributed by atoms with Gasteiger partial charge in [0.25, 0.3) is 5.69 Å². The molecule has 1 N–H and O–H groups in total. The van der Waals surface area contributed by atoms with Crippen LogP contribution in [0, 0.1) is 10.1 Å². The van der Waals surface area contributed by atoms with Gasteiger partial charge in [0.05, 0.1) is 17.2 Å². The summed E-state index contributed by atoms with van der Waals surface area (Å²) in [5, 5.41) is 28.5. The van der Waals surface area contributed by atoms with Crippen LogP contribution < -0.4 is 4.31 Å². The first-order valence-corrected chi connectivity index (χ1v) is 10.2. The van der Waals surface area contributed by atoms with Crippen molar-refractivity contribution in [3.63, 3.8) is 0 Å². The molecule has 0 aliphatic heterocycles. The zero-order valence-corrected chi connectivity index (χ0v) is 16.7. The van der Waals surface area contributed by atoms with E-state index in [2.05, 4.69) is 15.2 Å². The number of aromatic hydroxyl groups is 1. The molecule has 1 aromatic heterocycles. The minimum Gasteiger partial charge on any atom is -0.506 e. The van der Waals surface area contributed by atoms with Crippen molar-refractivity contribution in [2.45, 2.75) is 26.7 Å².